The summed E-state index contributed by atoms with van der Waals surface area (Å²) in [5.41, 5.74) is 1.71. The first kappa shape index (κ1) is 28.0. The standard InChI is InChI=1S/C26H23N2O2S.C2H4O2.Na/c29-25-24(31-26(28-25)27-22-12-2-1-3-13-22)16-21-14-19-10-6-7-11-20(19)15-23(21)30-17-18-8-4-5-9-18;1-2(3)4;/h2-3,6-7,10-16,18H,4-5,8-9,17H2,(H,27,28,29);1H3,(H,3,4);/q-1;;+1. The third kappa shape index (κ3) is 7.96. The van der Waals surface area contributed by atoms with Crippen LogP contribution in [0.5, 0.6) is 5.75 Å². The Hall–Kier alpha value is -2.58. The second-order valence-corrected chi connectivity index (χ2v) is 9.49. The van der Waals surface area contributed by atoms with Crippen LogP contribution in [0, 0.1) is 12.0 Å². The predicted octanol–water partition coefficient (Wildman–Crippen LogP) is 3.20. The Bertz CT molecular complexity index is 1270. The van der Waals surface area contributed by atoms with Crippen LogP contribution in [-0.2, 0) is 9.59 Å². The minimum absolute atomic E-state index is 0. The number of carbonyl (C=O) groups excluding carboxylic acids is 1. The summed E-state index contributed by atoms with van der Waals surface area (Å²) in [7, 11) is 0. The van der Waals surface area contributed by atoms with Gasteiger partial charge in [-0.3, -0.25) is 14.6 Å². The average Bonchev–Trinajstić information content (AvgIpc) is 3.47. The van der Waals surface area contributed by atoms with Crippen molar-refractivity contribution in [1.82, 2.24) is 5.32 Å². The van der Waals surface area contributed by atoms with Crippen LogP contribution in [0.3, 0.4) is 0 Å². The molecule has 0 radical (unpaired) electrons. The summed E-state index contributed by atoms with van der Waals surface area (Å²) in [6.45, 7) is 1.81. The van der Waals surface area contributed by atoms with Crippen LogP contribution in [0.25, 0.3) is 16.8 Å². The van der Waals surface area contributed by atoms with Crippen molar-refractivity contribution in [1.29, 1.82) is 0 Å². The Morgan fingerprint density at radius 2 is 1.81 bits per heavy atom. The van der Waals surface area contributed by atoms with Gasteiger partial charge in [0.05, 0.1) is 11.5 Å². The van der Waals surface area contributed by atoms with Crippen molar-refractivity contribution in [2.75, 3.05) is 6.61 Å². The van der Waals surface area contributed by atoms with Crippen molar-refractivity contribution in [2.24, 2.45) is 10.9 Å². The van der Waals surface area contributed by atoms with Gasteiger partial charge in [0, 0.05) is 12.5 Å². The molecule has 3 aromatic carbocycles. The first-order chi connectivity index (χ1) is 17.0. The number of amidine groups is 1. The number of ether oxygens (including phenoxy) is 1. The molecule has 6 nitrogen and oxygen atoms in total. The topological polar surface area (TPSA) is 88.0 Å². The maximum atomic E-state index is 12.6. The number of hydrogen-bond donors (Lipinski definition) is 2. The summed E-state index contributed by atoms with van der Waals surface area (Å²) in [6, 6.07) is 22.7. The number of rotatable bonds is 5. The van der Waals surface area contributed by atoms with Gasteiger partial charge in [-0.15, -0.1) is 12.1 Å². The number of hydrogen-bond acceptors (Lipinski definition) is 5. The van der Waals surface area contributed by atoms with E-state index in [0.29, 0.717) is 16.0 Å². The number of nitrogens with one attached hydrogen (secondary N) is 1. The van der Waals surface area contributed by atoms with Crippen LogP contribution in [0.2, 0.25) is 0 Å². The molecule has 0 spiro atoms. The molecule has 1 aliphatic carbocycles. The summed E-state index contributed by atoms with van der Waals surface area (Å²) in [6.07, 6.45) is 6.97. The number of fused-ring (bicyclic) bond motifs is 1. The molecule has 1 saturated heterocycles. The fourth-order valence-corrected chi connectivity index (χ4v) is 4.88. The Morgan fingerprint density at radius 3 is 2.47 bits per heavy atom. The smallest absolute Gasteiger partial charge is 0.493 e. The van der Waals surface area contributed by atoms with E-state index in [9.17, 15) is 4.79 Å². The van der Waals surface area contributed by atoms with Crippen LogP contribution in [0.1, 0.15) is 38.2 Å². The predicted molar refractivity (Wildman–Crippen MR) is 141 cm³/mol. The van der Waals surface area contributed by atoms with Gasteiger partial charge < -0.3 is 15.2 Å². The minimum Gasteiger partial charge on any atom is -0.493 e. The monoisotopic (exact) mass is 510 g/mol. The summed E-state index contributed by atoms with van der Waals surface area (Å²) in [5, 5.41) is 13.1. The summed E-state index contributed by atoms with van der Waals surface area (Å²) < 4.78 is 6.28. The molecule has 1 saturated carbocycles. The van der Waals surface area contributed by atoms with Gasteiger partial charge in [0.2, 0.25) is 0 Å². The largest absolute Gasteiger partial charge is 1.00 e. The molecule has 2 aliphatic rings. The number of carboxylic acids is 1. The summed E-state index contributed by atoms with van der Waals surface area (Å²) in [4.78, 5) is 26.7. The minimum atomic E-state index is -0.833. The van der Waals surface area contributed by atoms with E-state index in [2.05, 4.69) is 40.6 Å². The molecule has 3 aromatic rings. The van der Waals surface area contributed by atoms with Gasteiger partial charge in [-0.1, -0.05) is 37.1 Å². The Balaban J connectivity index is 0.000000674. The van der Waals surface area contributed by atoms with Gasteiger partial charge in [0.1, 0.15) is 5.75 Å². The van der Waals surface area contributed by atoms with Crippen molar-refractivity contribution in [2.45, 2.75) is 32.6 Å². The molecule has 8 heteroatoms. The van der Waals surface area contributed by atoms with Gasteiger partial charge in [-0.05, 0) is 65.2 Å². The molecule has 180 valence electrons. The summed E-state index contributed by atoms with van der Waals surface area (Å²) in [5.74, 6) is 0.481. The molecule has 0 bridgehead atoms. The number of carbonyl (C=O) groups is 2. The molecule has 5 rings (SSSR count). The second-order valence-electron chi connectivity index (χ2n) is 8.46. The van der Waals surface area contributed by atoms with Crippen LogP contribution < -0.4 is 39.6 Å². The number of aliphatic imine (C=N–C) groups is 1. The van der Waals surface area contributed by atoms with Gasteiger partial charge in [0.15, 0.2) is 5.17 Å². The van der Waals surface area contributed by atoms with Crippen molar-refractivity contribution >= 4 is 51.3 Å². The number of amides is 1. The van der Waals surface area contributed by atoms with E-state index in [1.54, 1.807) is 12.1 Å². The first-order valence-corrected chi connectivity index (χ1v) is 12.4. The van der Waals surface area contributed by atoms with E-state index in [1.807, 2.05) is 30.3 Å². The Kier molecular flexibility index (Phi) is 10.6. The van der Waals surface area contributed by atoms with Gasteiger partial charge in [0.25, 0.3) is 11.9 Å². The molecule has 0 unspecified atom stereocenters. The second kappa shape index (κ2) is 13.7. The number of thioether (sulfide) groups is 1. The van der Waals surface area contributed by atoms with E-state index < -0.39 is 5.97 Å². The van der Waals surface area contributed by atoms with Crippen LogP contribution in [0.4, 0.5) is 5.69 Å². The van der Waals surface area contributed by atoms with Gasteiger partial charge in [-0.2, -0.15) is 18.2 Å². The van der Waals surface area contributed by atoms with E-state index in [1.165, 1.54) is 37.4 Å². The third-order valence-corrected chi connectivity index (χ3v) is 6.61. The SMILES string of the molecule is CC(=O)O.O=C1NC(=Nc2cc[c-]cc2)SC1=Cc1cc2ccccc2cc1OCC1CCCC1.[Na+]. The Morgan fingerprint density at radius 1 is 1.17 bits per heavy atom. The van der Waals surface area contributed by atoms with Crippen LogP contribution >= 0.6 is 11.8 Å². The molecule has 2 N–H and O–H groups in total. The maximum Gasteiger partial charge on any atom is 1.00 e. The molecule has 1 aliphatic heterocycles. The average molecular weight is 511 g/mol. The molecular formula is C28H27N2NaO4S. The molecule has 0 atom stereocenters. The van der Waals surface area contributed by atoms with Crippen LogP contribution in [0.15, 0.2) is 70.6 Å². The number of nitrogens with zero attached hydrogens (tertiary/aromatic N) is 1. The molecule has 0 aromatic heterocycles. The fourth-order valence-electron chi connectivity index (χ4n) is 4.05. The normalized spacial score (nSPS) is 17.4. The van der Waals surface area contributed by atoms with E-state index >= 15 is 0 Å². The molecule has 2 fully saturated rings. The van der Waals surface area contributed by atoms with Gasteiger partial charge in [-0.25, -0.2) is 0 Å². The van der Waals surface area contributed by atoms with Crippen molar-refractivity contribution in [3.05, 3.63) is 77.2 Å². The third-order valence-electron chi connectivity index (χ3n) is 5.70. The molecule has 36 heavy (non-hydrogen) atoms. The van der Waals surface area contributed by atoms with Crippen molar-refractivity contribution in [3.8, 4) is 5.75 Å². The summed E-state index contributed by atoms with van der Waals surface area (Å²) >= 11 is 1.35. The zero-order chi connectivity index (χ0) is 24.6. The quantitative estimate of drug-likeness (QED) is 0.313. The van der Waals surface area contributed by atoms with Crippen LogP contribution in [-0.4, -0.2) is 28.8 Å². The Labute approximate surface area is 237 Å². The van der Waals surface area contributed by atoms with E-state index in [0.717, 1.165) is 41.3 Å². The van der Waals surface area contributed by atoms with Crippen molar-refractivity contribution in [3.63, 3.8) is 0 Å². The van der Waals surface area contributed by atoms with Crippen molar-refractivity contribution < 1.29 is 49.0 Å². The zero-order valence-electron chi connectivity index (χ0n) is 20.5. The van der Waals surface area contributed by atoms with E-state index in [4.69, 9.17) is 14.6 Å². The van der Waals surface area contributed by atoms with Gasteiger partial charge >= 0.3 is 29.6 Å². The molecular weight excluding hydrogens is 483 g/mol. The maximum absolute atomic E-state index is 12.6. The fraction of sp³-hybridized carbons (Fsp3) is 0.250. The molecule has 1 heterocycles. The molecule has 1 amide bonds. The number of benzene rings is 3. The van der Waals surface area contributed by atoms with E-state index in [-0.39, 0.29) is 35.5 Å². The number of aliphatic carboxylic acids is 1. The number of carboxylic acid groups (broad SMARTS) is 1. The zero-order valence-corrected chi connectivity index (χ0v) is 23.3. The first-order valence-electron chi connectivity index (χ1n) is 11.6.